The van der Waals surface area contributed by atoms with Gasteiger partial charge < -0.3 is 15.2 Å². The lowest BCUT2D eigenvalue weighted by Gasteiger charge is -2.18. The van der Waals surface area contributed by atoms with Gasteiger partial charge in [-0.05, 0) is 37.2 Å². The molecule has 0 radical (unpaired) electrons. The average Bonchev–Trinajstić information content (AvgIpc) is 2.87. The maximum Gasteiger partial charge on any atom is 0.341 e. The molecule has 0 bridgehead atoms. The van der Waals surface area contributed by atoms with E-state index in [1.54, 1.807) is 0 Å². The highest BCUT2D eigenvalue weighted by molar-refractivity contribution is 7.17. The number of anilines is 1. The zero-order chi connectivity index (χ0) is 17.7. The zero-order valence-corrected chi connectivity index (χ0v) is 14.6. The van der Waals surface area contributed by atoms with Gasteiger partial charge in [0.2, 0.25) is 5.91 Å². The van der Waals surface area contributed by atoms with Crippen LogP contribution < -0.4 is 5.32 Å². The van der Waals surface area contributed by atoms with E-state index in [9.17, 15) is 14.4 Å². The van der Waals surface area contributed by atoms with E-state index in [1.807, 2.05) is 6.92 Å². The molecule has 1 aliphatic rings. The van der Waals surface area contributed by atoms with Crippen LogP contribution in [0.4, 0.5) is 5.00 Å². The van der Waals surface area contributed by atoms with E-state index in [0.717, 1.165) is 48.3 Å². The van der Waals surface area contributed by atoms with Gasteiger partial charge in [0.1, 0.15) is 5.00 Å². The molecule has 2 rings (SSSR count). The number of carbonyl (C=O) groups is 3. The molecule has 1 aromatic heterocycles. The number of esters is 1. The average molecular weight is 351 g/mol. The number of carboxylic acid groups (broad SMARTS) is 1. The van der Waals surface area contributed by atoms with Crippen LogP contribution in [0.1, 0.15) is 47.5 Å². The molecule has 130 valence electrons. The highest BCUT2D eigenvalue weighted by Crippen LogP contribution is 2.40. The Morgan fingerprint density at radius 2 is 2.12 bits per heavy atom. The molecule has 1 heterocycles. The Morgan fingerprint density at radius 1 is 1.38 bits per heavy atom. The molecule has 0 spiro atoms. The van der Waals surface area contributed by atoms with Gasteiger partial charge in [-0.25, -0.2) is 9.59 Å². The number of nitrogens with one attached hydrogen (secondary N) is 1. The van der Waals surface area contributed by atoms with Crippen molar-refractivity contribution in [3.63, 3.8) is 0 Å². The van der Waals surface area contributed by atoms with Crippen LogP contribution in [-0.4, -0.2) is 29.6 Å². The minimum atomic E-state index is -1.20. The molecule has 6 nitrogen and oxygen atoms in total. The van der Waals surface area contributed by atoms with Gasteiger partial charge in [0.05, 0.1) is 12.2 Å². The highest BCUT2D eigenvalue weighted by Gasteiger charge is 2.28. The number of ether oxygens (including phenoxy) is 1. The SMILES string of the molecule is CCCOC(=O)c1c(NC(=O)/C=C/C(=O)O)sc2c1CCC(C)C2. The molecule has 2 N–H and O–H groups in total. The second-order valence-corrected chi connectivity index (χ2v) is 6.96. The van der Waals surface area contributed by atoms with Gasteiger partial charge in [-0.2, -0.15) is 0 Å². The summed E-state index contributed by atoms with van der Waals surface area (Å²) in [6.45, 7) is 4.40. The van der Waals surface area contributed by atoms with E-state index >= 15 is 0 Å². The first-order valence-corrected chi connectivity index (χ1v) is 8.77. The third-order valence-corrected chi connectivity index (χ3v) is 4.94. The Labute approximate surface area is 144 Å². The second-order valence-electron chi connectivity index (χ2n) is 5.85. The summed E-state index contributed by atoms with van der Waals surface area (Å²) in [6, 6.07) is 0. The van der Waals surface area contributed by atoms with Crippen LogP contribution in [0.25, 0.3) is 0 Å². The summed E-state index contributed by atoms with van der Waals surface area (Å²) in [5, 5.41) is 11.7. The van der Waals surface area contributed by atoms with Crippen molar-refractivity contribution < 1.29 is 24.2 Å². The molecular formula is C17H21NO5S. The van der Waals surface area contributed by atoms with Crippen molar-refractivity contribution in [2.45, 2.75) is 39.5 Å². The number of thiophene rings is 1. The Balaban J connectivity index is 2.30. The second kappa shape index (κ2) is 8.10. The maximum absolute atomic E-state index is 12.4. The van der Waals surface area contributed by atoms with Crippen molar-refractivity contribution in [1.82, 2.24) is 0 Å². The molecule has 0 saturated heterocycles. The molecule has 0 saturated carbocycles. The molecule has 0 aliphatic heterocycles. The first-order chi connectivity index (χ1) is 11.4. The van der Waals surface area contributed by atoms with Gasteiger partial charge >= 0.3 is 11.9 Å². The summed E-state index contributed by atoms with van der Waals surface area (Å²) in [7, 11) is 0. The number of amides is 1. The van der Waals surface area contributed by atoms with Crippen molar-refractivity contribution in [1.29, 1.82) is 0 Å². The van der Waals surface area contributed by atoms with Crippen molar-refractivity contribution in [3.05, 3.63) is 28.2 Å². The lowest BCUT2D eigenvalue weighted by atomic mass is 9.88. The monoisotopic (exact) mass is 351 g/mol. The number of carbonyl (C=O) groups excluding carboxylic acids is 2. The van der Waals surface area contributed by atoms with E-state index in [0.29, 0.717) is 23.1 Å². The summed E-state index contributed by atoms with van der Waals surface area (Å²) in [4.78, 5) is 35.9. The molecule has 7 heteroatoms. The van der Waals surface area contributed by atoms with Crippen molar-refractivity contribution in [2.75, 3.05) is 11.9 Å². The fourth-order valence-corrected chi connectivity index (χ4v) is 4.02. The Bertz CT molecular complexity index is 677. The fraction of sp³-hybridized carbons (Fsp3) is 0.471. The zero-order valence-electron chi connectivity index (χ0n) is 13.8. The van der Waals surface area contributed by atoms with Crippen LogP contribution >= 0.6 is 11.3 Å². The molecule has 24 heavy (non-hydrogen) atoms. The lowest BCUT2D eigenvalue weighted by Crippen LogP contribution is -2.16. The fourth-order valence-electron chi connectivity index (χ4n) is 2.62. The van der Waals surface area contributed by atoms with E-state index < -0.39 is 17.8 Å². The minimum absolute atomic E-state index is 0.326. The normalized spacial score (nSPS) is 16.7. The van der Waals surface area contributed by atoms with Crippen molar-refractivity contribution >= 4 is 34.2 Å². The summed E-state index contributed by atoms with van der Waals surface area (Å²) < 4.78 is 5.25. The molecule has 1 atom stereocenters. The maximum atomic E-state index is 12.4. The van der Waals surface area contributed by atoms with Gasteiger partial charge in [-0.3, -0.25) is 4.79 Å². The van der Waals surface area contributed by atoms with E-state index in [1.165, 1.54) is 11.3 Å². The highest BCUT2D eigenvalue weighted by atomic mass is 32.1. The summed E-state index contributed by atoms with van der Waals surface area (Å²) in [5.74, 6) is -1.67. The predicted octanol–water partition coefficient (Wildman–Crippen LogP) is 3.02. The van der Waals surface area contributed by atoms with Crippen LogP contribution in [0, 0.1) is 5.92 Å². The Kier molecular flexibility index (Phi) is 6.14. The Morgan fingerprint density at radius 3 is 2.79 bits per heavy atom. The van der Waals surface area contributed by atoms with Gasteiger partial charge in [0.25, 0.3) is 0 Å². The number of aliphatic carboxylic acids is 1. The smallest absolute Gasteiger partial charge is 0.341 e. The van der Waals surface area contributed by atoms with Crippen LogP contribution in [-0.2, 0) is 27.2 Å². The number of hydrogen-bond acceptors (Lipinski definition) is 5. The van der Waals surface area contributed by atoms with Crippen LogP contribution in [0.2, 0.25) is 0 Å². The summed E-state index contributed by atoms with van der Waals surface area (Å²) in [6.07, 6.45) is 5.06. The predicted molar refractivity (Wildman–Crippen MR) is 91.5 cm³/mol. The molecule has 0 fully saturated rings. The minimum Gasteiger partial charge on any atom is -0.478 e. The number of rotatable bonds is 6. The van der Waals surface area contributed by atoms with E-state index in [4.69, 9.17) is 9.84 Å². The molecule has 1 aliphatic carbocycles. The first-order valence-electron chi connectivity index (χ1n) is 7.96. The third-order valence-electron chi connectivity index (χ3n) is 3.77. The van der Waals surface area contributed by atoms with Crippen LogP contribution in [0.15, 0.2) is 12.2 Å². The largest absolute Gasteiger partial charge is 0.478 e. The molecule has 0 aromatic carbocycles. The van der Waals surface area contributed by atoms with Crippen molar-refractivity contribution in [3.8, 4) is 0 Å². The number of fused-ring (bicyclic) bond motifs is 1. The van der Waals surface area contributed by atoms with Gasteiger partial charge in [0, 0.05) is 17.0 Å². The first kappa shape index (κ1) is 18.2. The molecule has 1 amide bonds. The summed E-state index contributed by atoms with van der Waals surface area (Å²) >= 11 is 1.38. The van der Waals surface area contributed by atoms with Crippen LogP contribution in [0.3, 0.4) is 0 Å². The van der Waals surface area contributed by atoms with Gasteiger partial charge in [0.15, 0.2) is 0 Å². The quantitative estimate of drug-likeness (QED) is 0.607. The lowest BCUT2D eigenvalue weighted by molar-refractivity contribution is -0.131. The number of carboxylic acids is 1. The van der Waals surface area contributed by atoms with Crippen LogP contribution in [0.5, 0.6) is 0 Å². The topological polar surface area (TPSA) is 92.7 Å². The van der Waals surface area contributed by atoms with Gasteiger partial charge in [-0.15, -0.1) is 11.3 Å². The summed E-state index contributed by atoms with van der Waals surface area (Å²) in [5.41, 5.74) is 1.38. The molecule has 1 unspecified atom stereocenters. The van der Waals surface area contributed by atoms with Gasteiger partial charge in [-0.1, -0.05) is 13.8 Å². The van der Waals surface area contributed by atoms with E-state index in [2.05, 4.69) is 12.2 Å². The van der Waals surface area contributed by atoms with Crippen molar-refractivity contribution in [2.24, 2.45) is 5.92 Å². The Hall–Kier alpha value is -2.15. The third kappa shape index (κ3) is 4.44. The molecule has 1 aromatic rings. The molecular weight excluding hydrogens is 330 g/mol. The van der Waals surface area contributed by atoms with E-state index in [-0.39, 0.29) is 0 Å². The standard InChI is InChI=1S/C17H21NO5S/c1-3-8-23-17(22)15-11-5-4-10(2)9-12(11)24-16(15)18-13(19)6-7-14(20)21/h6-7,10H,3-5,8-9H2,1-2H3,(H,18,19)(H,20,21)/b7-6+. The number of hydrogen-bond donors (Lipinski definition) is 2.